The molecule has 1 nitrogen and oxygen atoms in total. The summed E-state index contributed by atoms with van der Waals surface area (Å²) < 4.78 is 0. The van der Waals surface area contributed by atoms with E-state index in [1.807, 2.05) is 0 Å². The lowest BCUT2D eigenvalue weighted by molar-refractivity contribution is 0.253. The molecule has 0 aliphatic carbocycles. The average molecular weight is 131 g/mol. The van der Waals surface area contributed by atoms with Crippen molar-refractivity contribution in [3.63, 3.8) is 0 Å². The van der Waals surface area contributed by atoms with Crippen LogP contribution in [0, 0.1) is 11.8 Å². The molecule has 0 fully saturated rings. The van der Waals surface area contributed by atoms with E-state index in [4.69, 9.17) is 16.7 Å². The molecule has 0 aromatic heterocycles. The summed E-state index contributed by atoms with van der Waals surface area (Å²) in [6.07, 6.45) is 0.900. The Hall–Kier alpha value is -0.450. The summed E-state index contributed by atoms with van der Waals surface area (Å²) in [4.78, 5) is 0. The second-order valence-electron chi connectivity index (χ2n) is 1.26. The van der Waals surface area contributed by atoms with Crippen molar-refractivity contribution in [2.75, 3.05) is 0 Å². The molecule has 0 heterocycles. The van der Waals surface area contributed by atoms with E-state index in [1.165, 1.54) is 11.6 Å². The second-order valence-corrected chi connectivity index (χ2v) is 1.51. The summed E-state index contributed by atoms with van der Waals surface area (Å²) in [5.74, 6) is 5.00. The maximum atomic E-state index is 8.53. The second kappa shape index (κ2) is 4.70. The average Bonchev–Trinajstić information content (AvgIpc) is 1.66. The van der Waals surface area contributed by atoms with E-state index in [1.54, 1.807) is 6.92 Å². The van der Waals surface area contributed by atoms with Gasteiger partial charge in [0.1, 0.15) is 6.10 Å². The third-order valence-electron chi connectivity index (χ3n) is 0.439. The van der Waals surface area contributed by atoms with Crippen molar-refractivity contribution in [2.45, 2.75) is 13.0 Å². The van der Waals surface area contributed by atoms with Crippen LogP contribution in [0.2, 0.25) is 0 Å². The van der Waals surface area contributed by atoms with Crippen molar-refractivity contribution < 1.29 is 5.11 Å². The molecule has 8 heavy (non-hydrogen) atoms. The third-order valence-corrected chi connectivity index (χ3v) is 0.565. The quantitative estimate of drug-likeness (QED) is 0.488. The van der Waals surface area contributed by atoms with Crippen LogP contribution in [0.15, 0.2) is 11.6 Å². The summed E-state index contributed by atoms with van der Waals surface area (Å²) in [5.41, 5.74) is 1.30. The van der Waals surface area contributed by atoms with E-state index in [0.29, 0.717) is 0 Å². The SMILES string of the molecule is CC(O)C#C/C=C/Cl. The van der Waals surface area contributed by atoms with Crippen LogP contribution < -0.4 is 0 Å². The molecule has 0 saturated heterocycles. The Morgan fingerprint density at radius 2 is 2.38 bits per heavy atom. The van der Waals surface area contributed by atoms with E-state index in [-0.39, 0.29) is 0 Å². The van der Waals surface area contributed by atoms with Crippen molar-refractivity contribution >= 4 is 11.6 Å². The fraction of sp³-hybridized carbons (Fsp3) is 0.333. The maximum absolute atomic E-state index is 8.53. The molecule has 1 atom stereocenters. The van der Waals surface area contributed by atoms with Gasteiger partial charge < -0.3 is 5.11 Å². The molecule has 0 aliphatic heterocycles. The van der Waals surface area contributed by atoms with E-state index in [0.717, 1.165) is 0 Å². The van der Waals surface area contributed by atoms with Crippen molar-refractivity contribution in [1.29, 1.82) is 0 Å². The molecule has 0 aromatic rings. The Bertz CT molecular complexity index is 127. The Morgan fingerprint density at radius 3 is 2.75 bits per heavy atom. The van der Waals surface area contributed by atoms with Crippen molar-refractivity contribution in [3.05, 3.63) is 11.6 Å². The number of hydrogen-bond acceptors (Lipinski definition) is 1. The molecular weight excluding hydrogens is 124 g/mol. The largest absolute Gasteiger partial charge is 0.381 e. The fourth-order valence-corrected chi connectivity index (χ4v) is 0.263. The van der Waals surface area contributed by atoms with Crippen molar-refractivity contribution in [3.8, 4) is 11.8 Å². The van der Waals surface area contributed by atoms with Crippen LogP contribution in [-0.2, 0) is 0 Å². The van der Waals surface area contributed by atoms with Crippen molar-refractivity contribution in [1.82, 2.24) is 0 Å². The summed E-state index contributed by atoms with van der Waals surface area (Å²) in [6.45, 7) is 1.59. The molecule has 1 unspecified atom stereocenters. The Balaban J connectivity index is 3.51. The molecule has 44 valence electrons. The van der Waals surface area contributed by atoms with E-state index >= 15 is 0 Å². The van der Waals surface area contributed by atoms with Crippen molar-refractivity contribution in [2.24, 2.45) is 0 Å². The van der Waals surface area contributed by atoms with Crippen LogP contribution in [0.4, 0.5) is 0 Å². The molecule has 1 N–H and O–H groups in total. The summed E-state index contributed by atoms with van der Waals surface area (Å²) in [6, 6.07) is 0. The predicted molar refractivity (Wildman–Crippen MR) is 34.4 cm³/mol. The number of rotatable bonds is 0. The minimum Gasteiger partial charge on any atom is -0.381 e. The topological polar surface area (TPSA) is 20.2 Å². The third kappa shape index (κ3) is 5.55. The lowest BCUT2D eigenvalue weighted by Crippen LogP contribution is -1.91. The maximum Gasteiger partial charge on any atom is 0.112 e. The van der Waals surface area contributed by atoms with Crippen LogP contribution in [0.5, 0.6) is 0 Å². The highest BCUT2D eigenvalue weighted by Crippen LogP contribution is 1.76. The van der Waals surface area contributed by atoms with Gasteiger partial charge in [0.15, 0.2) is 0 Å². The van der Waals surface area contributed by atoms with E-state index < -0.39 is 6.10 Å². The van der Waals surface area contributed by atoms with Gasteiger partial charge in [-0.2, -0.15) is 0 Å². The predicted octanol–water partition coefficient (Wildman–Crippen LogP) is 1.12. The minimum absolute atomic E-state index is 0.567. The number of hydrogen-bond donors (Lipinski definition) is 1. The first-order valence-corrected chi connectivity index (χ1v) is 2.65. The minimum atomic E-state index is -0.567. The zero-order valence-electron chi connectivity index (χ0n) is 4.56. The number of halogens is 1. The fourth-order valence-electron chi connectivity index (χ4n) is 0.200. The molecule has 0 spiro atoms. The highest BCUT2D eigenvalue weighted by molar-refractivity contribution is 6.25. The molecule has 0 amide bonds. The lowest BCUT2D eigenvalue weighted by Gasteiger charge is -1.83. The zero-order chi connectivity index (χ0) is 6.41. The van der Waals surface area contributed by atoms with Gasteiger partial charge in [0, 0.05) is 5.54 Å². The molecular formula is C6H7ClO. The first kappa shape index (κ1) is 7.55. The van der Waals surface area contributed by atoms with E-state index in [9.17, 15) is 0 Å². The summed E-state index contributed by atoms with van der Waals surface area (Å²) >= 11 is 5.12. The van der Waals surface area contributed by atoms with Crippen LogP contribution in [-0.4, -0.2) is 11.2 Å². The molecule has 0 rings (SSSR count). The smallest absolute Gasteiger partial charge is 0.112 e. The summed E-state index contributed by atoms with van der Waals surface area (Å²) in [7, 11) is 0. The van der Waals surface area contributed by atoms with Gasteiger partial charge in [-0.1, -0.05) is 23.4 Å². The van der Waals surface area contributed by atoms with Crippen LogP contribution in [0.1, 0.15) is 6.92 Å². The molecule has 0 aromatic carbocycles. The highest BCUT2D eigenvalue weighted by Gasteiger charge is 1.78. The normalized spacial score (nSPS) is 12.9. The Labute approximate surface area is 54.0 Å². The first-order chi connectivity index (χ1) is 3.77. The van der Waals surface area contributed by atoms with Gasteiger partial charge in [-0.05, 0) is 13.0 Å². The van der Waals surface area contributed by atoms with Gasteiger partial charge in [-0.3, -0.25) is 0 Å². The molecule has 0 saturated carbocycles. The van der Waals surface area contributed by atoms with Crippen LogP contribution in [0.25, 0.3) is 0 Å². The lowest BCUT2D eigenvalue weighted by atomic mass is 10.4. The van der Waals surface area contributed by atoms with Crippen LogP contribution in [0.3, 0.4) is 0 Å². The molecule has 2 heteroatoms. The summed E-state index contributed by atoms with van der Waals surface area (Å²) in [5, 5.41) is 8.53. The standard InChI is InChI=1S/C6H7ClO/c1-6(8)4-2-3-5-7/h3,5-6,8H,1H3/b5-3+. The monoisotopic (exact) mass is 130 g/mol. The van der Waals surface area contributed by atoms with Gasteiger partial charge in [-0.25, -0.2) is 0 Å². The van der Waals surface area contributed by atoms with Gasteiger partial charge in [0.25, 0.3) is 0 Å². The number of aliphatic hydroxyl groups excluding tert-OH is 1. The van der Waals surface area contributed by atoms with E-state index in [2.05, 4.69) is 11.8 Å². The highest BCUT2D eigenvalue weighted by atomic mass is 35.5. The first-order valence-electron chi connectivity index (χ1n) is 2.21. The Kier molecular flexibility index (Phi) is 4.44. The number of allylic oxidation sites excluding steroid dienone is 1. The zero-order valence-corrected chi connectivity index (χ0v) is 5.31. The van der Waals surface area contributed by atoms with Gasteiger partial charge in [0.05, 0.1) is 0 Å². The van der Waals surface area contributed by atoms with Crippen LogP contribution >= 0.6 is 11.6 Å². The molecule has 0 aliphatic rings. The molecule has 0 bridgehead atoms. The van der Waals surface area contributed by atoms with Gasteiger partial charge in [0.2, 0.25) is 0 Å². The molecule has 0 radical (unpaired) electrons. The number of aliphatic hydroxyl groups is 1. The Morgan fingerprint density at radius 1 is 1.75 bits per heavy atom. The van der Waals surface area contributed by atoms with Gasteiger partial charge in [-0.15, -0.1) is 0 Å². The van der Waals surface area contributed by atoms with Gasteiger partial charge >= 0.3 is 0 Å².